The van der Waals surface area contributed by atoms with Gasteiger partial charge in [-0.15, -0.1) is 11.3 Å². The van der Waals surface area contributed by atoms with Gasteiger partial charge in [-0.2, -0.15) is 0 Å². The van der Waals surface area contributed by atoms with E-state index >= 15 is 0 Å². The number of rotatable bonds is 15. The summed E-state index contributed by atoms with van der Waals surface area (Å²) in [6, 6.07) is 4.50. The van der Waals surface area contributed by atoms with Gasteiger partial charge in [0.15, 0.2) is 16.6 Å². The average molecular weight is 689 g/mol. The summed E-state index contributed by atoms with van der Waals surface area (Å²) in [6.45, 7) is 25.5. The molecule has 0 aromatic carbocycles. The van der Waals surface area contributed by atoms with E-state index in [2.05, 4.69) is 116 Å². The molecular formula is C38H64O5SSi2. The van der Waals surface area contributed by atoms with Gasteiger partial charge in [-0.25, -0.2) is 0 Å². The lowest BCUT2D eigenvalue weighted by atomic mass is 9.56. The number of hydrogen-bond acceptors (Lipinski definition) is 6. The van der Waals surface area contributed by atoms with E-state index in [0.29, 0.717) is 31.0 Å². The third kappa shape index (κ3) is 9.01. The van der Waals surface area contributed by atoms with Crippen LogP contribution < -0.4 is 0 Å². The molecule has 5 nitrogen and oxygen atoms in total. The molecular weight excluding hydrogens is 625 g/mol. The summed E-state index contributed by atoms with van der Waals surface area (Å²) < 4.78 is 19.1. The molecule has 6 atom stereocenters. The normalized spacial score (nSPS) is 27.0. The highest BCUT2D eigenvalue weighted by molar-refractivity contribution is 7.10. The zero-order valence-electron chi connectivity index (χ0n) is 31.0. The number of allylic oxidation sites excluding steroid dienone is 2. The molecule has 0 aliphatic heterocycles. The molecule has 3 rings (SSSR count). The third-order valence-corrected chi connectivity index (χ3v) is 21.9. The first kappa shape index (κ1) is 39.1. The predicted octanol–water partition coefficient (Wildman–Crippen LogP) is 10.6. The highest BCUT2D eigenvalue weighted by Crippen LogP contribution is 2.56. The summed E-state index contributed by atoms with van der Waals surface area (Å²) >= 11 is 1.88. The van der Waals surface area contributed by atoms with Crippen LogP contribution in [0.4, 0.5) is 0 Å². The molecule has 1 aromatic rings. The van der Waals surface area contributed by atoms with Gasteiger partial charge >= 0.3 is 5.97 Å². The molecule has 1 aromatic heterocycles. The maximum absolute atomic E-state index is 13.6. The number of carbonyl (C=O) groups is 2. The van der Waals surface area contributed by atoms with Crippen molar-refractivity contribution in [3.05, 3.63) is 46.7 Å². The van der Waals surface area contributed by atoms with E-state index in [-0.39, 0.29) is 45.5 Å². The van der Waals surface area contributed by atoms with Crippen LogP contribution in [0.15, 0.2) is 41.8 Å². The Morgan fingerprint density at radius 3 is 2.26 bits per heavy atom. The van der Waals surface area contributed by atoms with Gasteiger partial charge < -0.3 is 13.6 Å². The minimum atomic E-state index is -2.09. The van der Waals surface area contributed by atoms with E-state index < -0.39 is 16.6 Å². The van der Waals surface area contributed by atoms with Crippen LogP contribution in [-0.2, 0) is 28.6 Å². The van der Waals surface area contributed by atoms with Crippen molar-refractivity contribution in [3.63, 3.8) is 0 Å². The summed E-state index contributed by atoms with van der Waals surface area (Å²) in [7, 11) is -2.71. The zero-order chi connectivity index (χ0) is 34.6. The largest absolute Gasteiger partial charge is 0.469 e. The lowest BCUT2D eigenvalue weighted by Gasteiger charge is -2.55. The van der Waals surface area contributed by atoms with Gasteiger partial charge in [0.2, 0.25) is 0 Å². The molecule has 46 heavy (non-hydrogen) atoms. The maximum atomic E-state index is 13.6. The van der Waals surface area contributed by atoms with E-state index in [4.69, 9.17) is 13.6 Å². The molecule has 0 amide bonds. The van der Waals surface area contributed by atoms with Crippen molar-refractivity contribution in [1.82, 2.24) is 0 Å². The number of hydrogen-bond donors (Lipinski definition) is 0. The Labute approximate surface area is 287 Å². The summed E-state index contributed by atoms with van der Waals surface area (Å²) in [5.74, 6) is 0.620. The molecule has 0 saturated heterocycles. The van der Waals surface area contributed by atoms with Gasteiger partial charge in [-0.05, 0) is 92.2 Å². The predicted molar refractivity (Wildman–Crippen MR) is 199 cm³/mol. The van der Waals surface area contributed by atoms with Crippen molar-refractivity contribution in [2.75, 3.05) is 7.11 Å². The number of Topliss-reactive ketones (excluding diaryl/α,β-unsaturated/α-hetero) is 1. The SMILES string of the molecule is COC(=O)CCCC=CC[C@H]1C(=O)C[C@@H](O[Si](C)(C)C(C)(C)C)[C@@H]1C=CCC(O[Si](C)(C)C(C)(C)C)C1(c2cccs2)CCC1C. The fourth-order valence-electron chi connectivity index (χ4n) is 6.55. The zero-order valence-corrected chi connectivity index (χ0v) is 33.9. The van der Waals surface area contributed by atoms with Crippen molar-refractivity contribution in [3.8, 4) is 0 Å². The van der Waals surface area contributed by atoms with E-state index in [1.165, 1.54) is 18.4 Å². The van der Waals surface area contributed by atoms with Gasteiger partial charge in [0.1, 0.15) is 5.78 Å². The molecule has 0 bridgehead atoms. The monoisotopic (exact) mass is 688 g/mol. The summed E-state index contributed by atoms with van der Waals surface area (Å²) in [6.07, 6.45) is 15.3. The summed E-state index contributed by atoms with van der Waals surface area (Å²) in [5.41, 5.74) is 0.0307. The van der Waals surface area contributed by atoms with Crippen molar-refractivity contribution in [1.29, 1.82) is 0 Å². The smallest absolute Gasteiger partial charge is 0.305 e. The Morgan fingerprint density at radius 1 is 1.07 bits per heavy atom. The van der Waals surface area contributed by atoms with Gasteiger partial charge in [-0.3, -0.25) is 9.59 Å². The number of unbranched alkanes of at least 4 members (excludes halogenated alkanes) is 1. The highest BCUT2D eigenvalue weighted by atomic mass is 32.1. The minimum Gasteiger partial charge on any atom is -0.469 e. The first-order valence-corrected chi connectivity index (χ1v) is 24.3. The van der Waals surface area contributed by atoms with Crippen molar-refractivity contribution in [2.45, 2.75) is 154 Å². The maximum Gasteiger partial charge on any atom is 0.305 e. The number of carbonyl (C=O) groups excluding carboxylic acids is 2. The van der Waals surface area contributed by atoms with Crippen LogP contribution in [-0.4, -0.2) is 47.7 Å². The Hall–Kier alpha value is -1.33. The lowest BCUT2D eigenvalue weighted by molar-refractivity contribution is -0.140. The lowest BCUT2D eigenvalue weighted by Crippen LogP contribution is -2.57. The van der Waals surface area contributed by atoms with E-state index in [9.17, 15) is 9.59 Å². The fourth-order valence-corrected chi connectivity index (χ4v) is 10.4. The minimum absolute atomic E-state index is 0.0307. The first-order chi connectivity index (χ1) is 21.3. The van der Waals surface area contributed by atoms with Crippen LogP contribution >= 0.6 is 11.3 Å². The van der Waals surface area contributed by atoms with Gasteiger partial charge in [-0.1, -0.05) is 78.8 Å². The van der Waals surface area contributed by atoms with Gasteiger partial charge in [0.25, 0.3) is 0 Å². The second kappa shape index (κ2) is 15.5. The molecule has 2 aliphatic carbocycles. The van der Waals surface area contributed by atoms with Crippen LogP contribution in [0.25, 0.3) is 0 Å². The number of methoxy groups -OCH3 is 1. The Bertz CT molecular complexity index is 1210. The Kier molecular flexibility index (Phi) is 13.2. The van der Waals surface area contributed by atoms with Gasteiger partial charge in [0, 0.05) is 35.0 Å². The summed E-state index contributed by atoms with van der Waals surface area (Å²) in [4.78, 5) is 26.5. The second-order valence-electron chi connectivity index (χ2n) is 16.9. The summed E-state index contributed by atoms with van der Waals surface area (Å²) in [5, 5.41) is 2.40. The molecule has 3 unspecified atom stereocenters. The molecule has 2 aliphatic rings. The molecule has 260 valence electrons. The van der Waals surface area contributed by atoms with E-state index in [1.54, 1.807) is 0 Å². The van der Waals surface area contributed by atoms with Crippen molar-refractivity contribution < 1.29 is 23.2 Å². The van der Waals surface area contributed by atoms with Crippen LogP contribution in [0, 0.1) is 17.8 Å². The number of ketones is 1. The van der Waals surface area contributed by atoms with Crippen LogP contribution in [0.2, 0.25) is 36.3 Å². The molecule has 2 saturated carbocycles. The third-order valence-electron chi connectivity index (χ3n) is 11.9. The molecule has 1 heterocycles. The number of ether oxygens (including phenoxy) is 1. The van der Waals surface area contributed by atoms with Crippen molar-refractivity contribution >= 4 is 39.7 Å². The number of esters is 1. The van der Waals surface area contributed by atoms with E-state index in [0.717, 1.165) is 25.7 Å². The Balaban J connectivity index is 1.90. The molecule has 0 spiro atoms. The molecule has 8 heteroatoms. The van der Waals surface area contributed by atoms with Crippen LogP contribution in [0.3, 0.4) is 0 Å². The quantitative estimate of drug-likeness (QED) is 0.0794. The second-order valence-corrected chi connectivity index (χ2v) is 27.4. The molecule has 0 N–H and O–H groups in total. The molecule has 0 radical (unpaired) electrons. The fraction of sp³-hybridized carbons (Fsp3) is 0.737. The first-order valence-electron chi connectivity index (χ1n) is 17.6. The van der Waals surface area contributed by atoms with Crippen LogP contribution in [0.1, 0.15) is 105 Å². The topological polar surface area (TPSA) is 61.8 Å². The Morgan fingerprint density at radius 2 is 1.74 bits per heavy atom. The number of thiophene rings is 1. The van der Waals surface area contributed by atoms with Gasteiger partial charge in [0.05, 0.1) is 19.3 Å². The standard InChI is InChI=1S/C38H64O5SSi2/c1-28-24-25-38(28,34-22-18-26-44-34)33(43-46(11,12)37(5,6)7)21-17-20-30-29(19-15-13-14-16-23-35(40)41-8)31(39)27-32(30)42-45(9,10)36(2,3)4/h13,15,17-18,20,22,26,28-30,32-33H,14,16,19,21,23-25,27H2,1-12H3/t28?,29-,30-,32-,33?,38?/m1/s1. The average Bonchev–Trinajstić information content (AvgIpc) is 3.56. The van der Waals surface area contributed by atoms with Crippen molar-refractivity contribution in [2.24, 2.45) is 17.8 Å². The van der Waals surface area contributed by atoms with Crippen LogP contribution in [0.5, 0.6) is 0 Å². The van der Waals surface area contributed by atoms with E-state index in [1.807, 2.05) is 11.3 Å². The highest BCUT2D eigenvalue weighted by Gasteiger charge is 2.54. The molecule has 2 fully saturated rings.